The van der Waals surface area contributed by atoms with Crippen molar-refractivity contribution in [1.29, 1.82) is 0 Å². The maximum Gasteiger partial charge on any atom is 0.168 e. The van der Waals surface area contributed by atoms with E-state index in [0.29, 0.717) is 12.1 Å². The van der Waals surface area contributed by atoms with Gasteiger partial charge >= 0.3 is 0 Å². The van der Waals surface area contributed by atoms with Crippen LogP contribution >= 0.6 is 0 Å². The fourth-order valence-corrected chi connectivity index (χ4v) is 3.70. The molecule has 1 aromatic carbocycles. The summed E-state index contributed by atoms with van der Waals surface area (Å²) in [4.78, 5) is 0. The molecule has 6 heteroatoms. The minimum atomic E-state index is -1.24. The predicted octanol–water partition coefficient (Wildman–Crippen LogP) is 2.97. The predicted molar refractivity (Wildman–Crippen MR) is 74.9 cm³/mol. The molecule has 0 amide bonds. The molecule has 1 unspecified atom stereocenters. The van der Waals surface area contributed by atoms with E-state index in [-0.39, 0.29) is 5.75 Å². The number of rotatable bonds is 3. The molecule has 0 aromatic heterocycles. The lowest BCUT2D eigenvalue weighted by molar-refractivity contribution is 0.371. The number of nitrogens with zero attached hydrogens (tertiary/aromatic N) is 1. The van der Waals surface area contributed by atoms with E-state index in [1.165, 1.54) is 13.2 Å². The Morgan fingerprint density at radius 3 is 2.45 bits per heavy atom. The zero-order chi connectivity index (χ0) is 15.3. The molecule has 1 aromatic rings. The van der Waals surface area contributed by atoms with E-state index < -0.39 is 32.9 Å². The van der Waals surface area contributed by atoms with Crippen molar-refractivity contribution in [2.45, 2.75) is 38.0 Å². The largest absolute Gasteiger partial charge is 0.493 e. The lowest BCUT2D eigenvalue weighted by atomic mass is 10.00. The molecule has 3 nitrogen and oxygen atoms in total. The van der Waals surface area contributed by atoms with Gasteiger partial charge in [-0.1, -0.05) is 0 Å². The highest BCUT2D eigenvalue weighted by atomic mass is 32.2. The molecule has 0 spiro atoms. The monoisotopic (exact) mass is 303 g/mol. The molecule has 1 fully saturated rings. The van der Waals surface area contributed by atoms with Crippen molar-refractivity contribution in [2.24, 2.45) is 0 Å². The maximum absolute atomic E-state index is 13.8. The molecule has 0 aliphatic carbocycles. The molecule has 2 rings (SSSR count). The third-order valence-corrected chi connectivity index (χ3v) is 5.40. The average molecular weight is 303 g/mol. The Kier molecular flexibility index (Phi) is 3.67. The van der Waals surface area contributed by atoms with Crippen LogP contribution in [0.25, 0.3) is 0 Å². The van der Waals surface area contributed by atoms with Crippen LogP contribution in [0.1, 0.15) is 33.3 Å². The lowest BCUT2D eigenvalue weighted by Gasteiger charge is -2.22. The van der Waals surface area contributed by atoms with Gasteiger partial charge in [-0.25, -0.2) is 17.3 Å². The number of hydrogen-bond donors (Lipinski definition) is 0. The topological polar surface area (TPSA) is 29.3 Å². The summed E-state index contributed by atoms with van der Waals surface area (Å²) in [6, 6.07) is 2.04. The molecule has 1 heterocycles. The summed E-state index contributed by atoms with van der Waals surface area (Å²) in [7, 11) is 0.105. The van der Waals surface area contributed by atoms with Crippen LogP contribution in [0.5, 0.6) is 5.75 Å². The number of hydrogen-bond acceptors (Lipinski definition) is 2. The molecule has 1 aliphatic heterocycles. The first-order chi connectivity index (χ1) is 9.11. The van der Waals surface area contributed by atoms with Crippen LogP contribution < -0.4 is 4.74 Å². The maximum atomic E-state index is 13.8. The zero-order valence-electron chi connectivity index (χ0n) is 12.3. The van der Waals surface area contributed by atoms with Gasteiger partial charge in [0.1, 0.15) is 16.8 Å². The molecule has 20 heavy (non-hydrogen) atoms. The van der Waals surface area contributed by atoms with Crippen LogP contribution in [-0.4, -0.2) is 26.9 Å². The fraction of sp³-hybridized carbons (Fsp3) is 0.571. The lowest BCUT2D eigenvalue weighted by Crippen LogP contribution is -2.30. The standard InChI is InChI=1S/C14H19F2NO2S/c1-13(2,3)20(18)17-8-14(17,4)10-6-9(15)7-11(16)12(10)19-5/h6-7H,8H2,1-5H3/t14-,17?,20-/m0/s1. The summed E-state index contributed by atoms with van der Waals surface area (Å²) in [5.74, 6) is -1.38. The van der Waals surface area contributed by atoms with Crippen molar-refractivity contribution in [3.8, 4) is 5.75 Å². The van der Waals surface area contributed by atoms with Crippen molar-refractivity contribution in [3.63, 3.8) is 0 Å². The van der Waals surface area contributed by atoms with Gasteiger partial charge in [0.25, 0.3) is 0 Å². The minimum absolute atomic E-state index is 0.0160. The van der Waals surface area contributed by atoms with Crippen molar-refractivity contribution >= 4 is 11.0 Å². The number of methoxy groups -OCH3 is 1. The van der Waals surface area contributed by atoms with Gasteiger partial charge < -0.3 is 4.74 Å². The summed E-state index contributed by atoms with van der Waals surface area (Å²) < 4.78 is 46.0. The van der Waals surface area contributed by atoms with Crippen LogP contribution in [0.3, 0.4) is 0 Å². The Balaban J connectivity index is 2.42. The fourth-order valence-electron chi connectivity index (χ4n) is 2.20. The van der Waals surface area contributed by atoms with Crippen molar-refractivity contribution in [3.05, 3.63) is 29.3 Å². The summed E-state index contributed by atoms with van der Waals surface area (Å²) in [5, 5.41) is 0. The van der Waals surface area contributed by atoms with Gasteiger partial charge in [-0.15, -0.1) is 0 Å². The van der Waals surface area contributed by atoms with E-state index in [9.17, 15) is 13.0 Å². The molecule has 112 valence electrons. The van der Waals surface area contributed by atoms with Crippen LogP contribution in [0.4, 0.5) is 8.78 Å². The third kappa shape index (κ3) is 2.46. The van der Waals surface area contributed by atoms with E-state index in [1.54, 1.807) is 4.31 Å². The molecule has 0 bridgehead atoms. The van der Waals surface area contributed by atoms with Crippen LogP contribution in [0, 0.1) is 11.6 Å². The minimum Gasteiger partial charge on any atom is -0.493 e. The van der Waals surface area contributed by atoms with Crippen LogP contribution in [-0.2, 0) is 16.5 Å². The molecular formula is C14H19F2NO2S. The SMILES string of the molecule is COc1c(F)cc(F)cc1[C@]1(C)CN1[S@@](=O)C(C)(C)C. The Labute approximate surface area is 120 Å². The Morgan fingerprint density at radius 2 is 1.95 bits per heavy atom. The van der Waals surface area contributed by atoms with E-state index in [2.05, 4.69) is 0 Å². The smallest absolute Gasteiger partial charge is 0.168 e. The van der Waals surface area contributed by atoms with Gasteiger partial charge in [-0.2, -0.15) is 0 Å². The van der Waals surface area contributed by atoms with Gasteiger partial charge in [0.05, 0.1) is 17.4 Å². The quantitative estimate of drug-likeness (QED) is 0.803. The van der Waals surface area contributed by atoms with Gasteiger partial charge in [0, 0.05) is 18.2 Å². The van der Waals surface area contributed by atoms with Crippen LogP contribution in [0.15, 0.2) is 12.1 Å². The first-order valence-corrected chi connectivity index (χ1v) is 7.45. The second-order valence-corrected chi connectivity index (χ2v) is 8.30. The first kappa shape index (κ1) is 15.4. The van der Waals surface area contributed by atoms with E-state index in [0.717, 1.165) is 6.07 Å². The number of halogens is 2. The summed E-state index contributed by atoms with van der Waals surface area (Å²) in [6.07, 6.45) is 0. The Morgan fingerprint density at radius 1 is 1.35 bits per heavy atom. The average Bonchev–Trinajstić information content (AvgIpc) is 2.99. The summed E-state index contributed by atoms with van der Waals surface area (Å²) in [6.45, 7) is 7.89. The highest BCUT2D eigenvalue weighted by Crippen LogP contribution is 2.49. The number of ether oxygens (including phenoxy) is 1. The van der Waals surface area contributed by atoms with Gasteiger partial charge in [-0.05, 0) is 33.8 Å². The molecule has 1 aliphatic rings. The highest BCUT2D eigenvalue weighted by Gasteiger charge is 2.56. The van der Waals surface area contributed by atoms with Crippen LogP contribution in [0.2, 0.25) is 0 Å². The molecule has 0 N–H and O–H groups in total. The highest BCUT2D eigenvalue weighted by molar-refractivity contribution is 7.84. The molecular weight excluding hydrogens is 284 g/mol. The normalized spacial score (nSPS) is 27.2. The van der Waals surface area contributed by atoms with Crippen molar-refractivity contribution in [2.75, 3.05) is 13.7 Å². The molecule has 1 saturated heterocycles. The second-order valence-electron chi connectivity index (χ2n) is 6.14. The van der Waals surface area contributed by atoms with E-state index in [1.807, 2.05) is 27.7 Å². The van der Waals surface area contributed by atoms with Gasteiger partial charge in [0.15, 0.2) is 11.6 Å². The molecule has 3 atom stereocenters. The third-order valence-electron chi connectivity index (χ3n) is 3.42. The number of benzene rings is 1. The Bertz CT molecular complexity index is 571. The second kappa shape index (κ2) is 4.77. The molecule has 0 radical (unpaired) electrons. The van der Waals surface area contributed by atoms with E-state index in [4.69, 9.17) is 4.74 Å². The van der Waals surface area contributed by atoms with E-state index >= 15 is 0 Å². The first-order valence-electron chi connectivity index (χ1n) is 6.34. The van der Waals surface area contributed by atoms with Crippen molar-refractivity contribution < 1.29 is 17.7 Å². The van der Waals surface area contributed by atoms with Crippen molar-refractivity contribution in [1.82, 2.24) is 4.31 Å². The molecule has 0 saturated carbocycles. The van der Waals surface area contributed by atoms with Gasteiger partial charge in [0.2, 0.25) is 0 Å². The van der Waals surface area contributed by atoms with Gasteiger partial charge in [-0.3, -0.25) is 0 Å². The summed E-state index contributed by atoms with van der Waals surface area (Å²) >= 11 is 0. The summed E-state index contributed by atoms with van der Waals surface area (Å²) in [5.41, 5.74) is -0.262. The Hall–Kier alpha value is -1.01. The zero-order valence-corrected chi connectivity index (χ0v) is 13.1.